The van der Waals surface area contributed by atoms with Gasteiger partial charge in [0.15, 0.2) is 0 Å². The van der Waals surface area contributed by atoms with E-state index in [1.165, 1.54) is 0 Å². The van der Waals surface area contributed by atoms with Crippen LogP contribution < -0.4 is 4.90 Å². The molecule has 1 atom stereocenters. The molecule has 0 aromatic carbocycles. The minimum atomic E-state index is -0.327. The van der Waals surface area contributed by atoms with Gasteiger partial charge in [0, 0.05) is 25.2 Å². The molecule has 1 aliphatic heterocycles. The molecule has 20 heavy (non-hydrogen) atoms. The lowest BCUT2D eigenvalue weighted by molar-refractivity contribution is 0.0270. The summed E-state index contributed by atoms with van der Waals surface area (Å²) in [5.41, 5.74) is 0.487. The van der Waals surface area contributed by atoms with Crippen LogP contribution in [-0.4, -0.2) is 42.9 Å². The number of rotatable bonds is 5. The lowest BCUT2D eigenvalue weighted by Crippen LogP contribution is -2.31. The predicted octanol–water partition coefficient (Wildman–Crippen LogP) is 2.26. The van der Waals surface area contributed by atoms with Gasteiger partial charge < -0.3 is 14.4 Å². The van der Waals surface area contributed by atoms with E-state index in [0.717, 1.165) is 18.8 Å². The van der Waals surface area contributed by atoms with E-state index >= 15 is 0 Å². The number of carbonyl (C=O) groups is 1. The number of anilines is 1. The Morgan fingerprint density at radius 3 is 2.85 bits per heavy atom. The van der Waals surface area contributed by atoms with Crippen LogP contribution in [0.1, 0.15) is 37.6 Å². The topological polar surface area (TPSA) is 51.7 Å². The van der Waals surface area contributed by atoms with Crippen LogP contribution in [0.4, 0.5) is 5.82 Å². The molecule has 1 aromatic rings. The van der Waals surface area contributed by atoms with Gasteiger partial charge in [-0.15, -0.1) is 0 Å². The van der Waals surface area contributed by atoms with Gasteiger partial charge in [0.25, 0.3) is 0 Å². The highest BCUT2D eigenvalue weighted by atomic mass is 16.6. The molecule has 0 radical (unpaired) electrons. The summed E-state index contributed by atoms with van der Waals surface area (Å²) < 4.78 is 10.5. The zero-order chi connectivity index (χ0) is 14.5. The normalized spacial score (nSPS) is 18.3. The first-order valence-corrected chi connectivity index (χ1v) is 7.13. The predicted molar refractivity (Wildman–Crippen MR) is 77.0 cm³/mol. The van der Waals surface area contributed by atoms with Gasteiger partial charge in [-0.1, -0.05) is 0 Å². The smallest absolute Gasteiger partial charge is 0.340 e. The number of esters is 1. The second kappa shape index (κ2) is 6.70. The quantitative estimate of drug-likeness (QED) is 0.773. The van der Waals surface area contributed by atoms with E-state index in [0.29, 0.717) is 24.8 Å². The summed E-state index contributed by atoms with van der Waals surface area (Å²) in [5.74, 6) is 0.551. The van der Waals surface area contributed by atoms with E-state index in [1.54, 1.807) is 12.3 Å². The maximum atomic E-state index is 12.0. The molecule has 1 aliphatic rings. The number of ether oxygens (including phenoxy) is 2. The van der Waals surface area contributed by atoms with Gasteiger partial charge in [-0.25, -0.2) is 9.78 Å². The Kier molecular flexibility index (Phi) is 4.95. The molecule has 0 aliphatic carbocycles. The van der Waals surface area contributed by atoms with Crippen LogP contribution in [-0.2, 0) is 9.47 Å². The second-order valence-corrected chi connectivity index (χ2v) is 5.18. The number of pyridine rings is 1. The molecule has 110 valence electrons. The SMILES string of the molecule is CCN(c1ccc(C(=O)OC2CCOC2)cn1)C(C)C. The summed E-state index contributed by atoms with van der Waals surface area (Å²) in [4.78, 5) is 18.5. The lowest BCUT2D eigenvalue weighted by Gasteiger charge is -2.26. The molecule has 1 fully saturated rings. The average Bonchev–Trinajstić information content (AvgIpc) is 2.92. The Hall–Kier alpha value is -1.62. The van der Waals surface area contributed by atoms with Crippen molar-refractivity contribution in [1.82, 2.24) is 4.98 Å². The van der Waals surface area contributed by atoms with Crippen molar-refractivity contribution in [2.24, 2.45) is 0 Å². The van der Waals surface area contributed by atoms with Crippen LogP contribution >= 0.6 is 0 Å². The number of carbonyl (C=O) groups excluding carboxylic acids is 1. The zero-order valence-corrected chi connectivity index (χ0v) is 12.3. The minimum Gasteiger partial charge on any atom is -0.456 e. The molecular weight excluding hydrogens is 256 g/mol. The van der Waals surface area contributed by atoms with Gasteiger partial charge in [-0.2, -0.15) is 0 Å². The van der Waals surface area contributed by atoms with Crippen molar-refractivity contribution in [2.45, 2.75) is 39.3 Å². The summed E-state index contributed by atoms with van der Waals surface area (Å²) in [6.07, 6.45) is 2.23. The molecule has 1 saturated heterocycles. The first-order valence-electron chi connectivity index (χ1n) is 7.13. The third-order valence-corrected chi connectivity index (χ3v) is 3.40. The fraction of sp³-hybridized carbons (Fsp3) is 0.600. The number of hydrogen-bond donors (Lipinski definition) is 0. The number of nitrogens with zero attached hydrogens (tertiary/aromatic N) is 2. The van der Waals surface area contributed by atoms with Crippen molar-refractivity contribution in [3.63, 3.8) is 0 Å². The van der Waals surface area contributed by atoms with Crippen molar-refractivity contribution >= 4 is 11.8 Å². The van der Waals surface area contributed by atoms with Gasteiger partial charge in [-0.05, 0) is 32.9 Å². The van der Waals surface area contributed by atoms with Gasteiger partial charge in [0.1, 0.15) is 11.9 Å². The van der Waals surface area contributed by atoms with Crippen molar-refractivity contribution in [2.75, 3.05) is 24.7 Å². The highest BCUT2D eigenvalue weighted by Crippen LogP contribution is 2.16. The highest BCUT2D eigenvalue weighted by Gasteiger charge is 2.21. The molecule has 0 spiro atoms. The average molecular weight is 278 g/mol. The standard InChI is InChI=1S/C15H22N2O3/c1-4-17(11(2)3)14-6-5-12(9-16-14)15(18)20-13-7-8-19-10-13/h5-6,9,11,13H,4,7-8,10H2,1-3H3. The van der Waals surface area contributed by atoms with Crippen LogP contribution in [0.5, 0.6) is 0 Å². The minimum absolute atomic E-state index is 0.120. The number of hydrogen-bond acceptors (Lipinski definition) is 5. The summed E-state index contributed by atoms with van der Waals surface area (Å²) in [6.45, 7) is 8.36. The Balaban J connectivity index is 2.01. The Morgan fingerprint density at radius 1 is 1.55 bits per heavy atom. The molecule has 0 saturated carbocycles. The molecule has 5 nitrogen and oxygen atoms in total. The fourth-order valence-corrected chi connectivity index (χ4v) is 2.29. The molecule has 2 rings (SSSR count). The van der Waals surface area contributed by atoms with Crippen LogP contribution in [0, 0.1) is 0 Å². The molecule has 0 amide bonds. The van der Waals surface area contributed by atoms with E-state index in [4.69, 9.17) is 9.47 Å². The third-order valence-electron chi connectivity index (χ3n) is 3.40. The Labute approximate surface area is 119 Å². The monoisotopic (exact) mass is 278 g/mol. The molecule has 1 aromatic heterocycles. The maximum Gasteiger partial charge on any atom is 0.340 e. The third kappa shape index (κ3) is 3.48. The van der Waals surface area contributed by atoms with Gasteiger partial charge in [0.05, 0.1) is 18.8 Å². The van der Waals surface area contributed by atoms with Crippen molar-refractivity contribution < 1.29 is 14.3 Å². The van der Waals surface area contributed by atoms with E-state index in [2.05, 4.69) is 30.7 Å². The molecule has 0 bridgehead atoms. The first-order chi connectivity index (χ1) is 9.61. The molecule has 5 heteroatoms. The molecule has 2 heterocycles. The van der Waals surface area contributed by atoms with Crippen molar-refractivity contribution in [3.05, 3.63) is 23.9 Å². The van der Waals surface area contributed by atoms with Gasteiger partial charge in [0.2, 0.25) is 0 Å². The van der Waals surface area contributed by atoms with E-state index < -0.39 is 0 Å². The summed E-state index contributed by atoms with van der Waals surface area (Å²) in [5, 5.41) is 0. The lowest BCUT2D eigenvalue weighted by atomic mass is 10.2. The van der Waals surface area contributed by atoms with Gasteiger partial charge >= 0.3 is 5.97 Å². The second-order valence-electron chi connectivity index (χ2n) is 5.18. The molecule has 1 unspecified atom stereocenters. The number of aromatic nitrogens is 1. The van der Waals surface area contributed by atoms with E-state index in [1.807, 2.05) is 6.07 Å². The van der Waals surface area contributed by atoms with Crippen molar-refractivity contribution in [1.29, 1.82) is 0 Å². The Bertz CT molecular complexity index is 439. The van der Waals surface area contributed by atoms with Crippen LogP contribution in [0.15, 0.2) is 18.3 Å². The van der Waals surface area contributed by atoms with E-state index in [-0.39, 0.29) is 12.1 Å². The largest absolute Gasteiger partial charge is 0.456 e. The Morgan fingerprint density at radius 2 is 2.35 bits per heavy atom. The van der Waals surface area contributed by atoms with Crippen LogP contribution in [0.3, 0.4) is 0 Å². The summed E-state index contributed by atoms with van der Waals surface area (Å²) in [7, 11) is 0. The zero-order valence-electron chi connectivity index (χ0n) is 12.3. The summed E-state index contributed by atoms with van der Waals surface area (Å²) >= 11 is 0. The first kappa shape index (κ1) is 14.8. The van der Waals surface area contributed by atoms with E-state index in [9.17, 15) is 4.79 Å². The fourth-order valence-electron chi connectivity index (χ4n) is 2.29. The maximum absolute atomic E-state index is 12.0. The van der Waals surface area contributed by atoms with Crippen molar-refractivity contribution in [3.8, 4) is 0 Å². The van der Waals surface area contributed by atoms with Crippen LogP contribution in [0.2, 0.25) is 0 Å². The highest BCUT2D eigenvalue weighted by molar-refractivity contribution is 5.89. The summed E-state index contributed by atoms with van der Waals surface area (Å²) in [6, 6.07) is 4.01. The van der Waals surface area contributed by atoms with Gasteiger partial charge in [-0.3, -0.25) is 0 Å². The molecular formula is C15H22N2O3. The molecule has 0 N–H and O–H groups in total. The van der Waals surface area contributed by atoms with Crippen LogP contribution in [0.25, 0.3) is 0 Å².